The molecule has 24 heavy (non-hydrogen) atoms. The molecule has 1 heterocycles. The third kappa shape index (κ3) is 4.75. The molecule has 1 N–H and O–H groups in total. The van der Waals surface area contributed by atoms with Crippen molar-refractivity contribution in [2.24, 2.45) is 5.10 Å². The van der Waals surface area contributed by atoms with Crippen LogP contribution in [0.1, 0.15) is 11.1 Å². The first-order chi connectivity index (χ1) is 11.7. The molecule has 0 radical (unpaired) electrons. The molecule has 124 valence electrons. The van der Waals surface area contributed by atoms with Gasteiger partial charge in [-0.25, -0.2) is 5.43 Å². The minimum atomic E-state index is -0.132. The standard InChI is InChI=1S/C17H15BrN2O3S/c18-14-3-1-2-13(6-14)9-24-10-17(21)20-19-8-12-4-5-15-16(7-12)23-11-22-15/h1-8H,9-11H2,(H,20,21)/b19-8-. The van der Waals surface area contributed by atoms with E-state index in [0.717, 1.165) is 21.5 Å². The van der Waals surface area contributed by atoms with Gasteiger partial charge in [0.15, 0.2) is 11.5 Å². The predicted octanol–water partition coefficient (Wildman–Crippen LogP) is 3.56. The molecule has 3 rings (SSSR count). The van der Waals surface area contributed by atoms with E-state index < -0.39 is 0 Å². The maximum absolute atomic E-state index is 11.8. The summed E-state index contributed by atoms with van der Waals surface area (Å²) in [5.41, 5.74) is 4.53. The van der Waals surface area contributed by atoms with E-state index in [1.165, 1.54) is 5.56 Å². The van der Waals surface area contributed by atoms with Crippen molar-refractivity contribution < 1.29 is 14.3 Å². The Hall–Kier alpha value is -1.99. The lowest BCUT2D eigenvalue weighted by Crippen LogP contribution is -2.19. The average Bonchev–Trinajstić information content (AvgIpc) is 3.03. The summed E-state index contributed by atoms with van der Waals surface area (Å²) in [6.45, 7) is 0.238. The molecule has 0 aromatic heterocycles. The number of thioether (sulfide) groups is 1. The van der Waals surface area contributed by atoms with E-state index in [1.54, 1.807) is 18.0 Å². The zero-order chi connectivity index (χ0) is 16.8. The second-order valence-corrected chi connectivity index (χ2v) is 6.93. The first-order valence-electron chi connectivity index (χ1n) is 7.24. The van der Waals surface area contributed by atoms with Gasteiger partial charge >= 0.3 is 0 Å². The molecule has 0 saturated heterocycles. The van der Waals surface area contributed by atoms with Gasteiger partial charge in [0.05, 0.1) is 12.0 Å². The van der Waals surface area contributed by atoms with Crippen LogP contribution in [0, 0.1) is 0 Å². The van der Waals surface area contributed by atoms with E-state index in [-0.39, 0.29) is 12.7 Å². The molecule has 0 fully saturated rings. The molecular formula is C17H15BrN2O3S. The lowest BCUT2D eigenvalue weighted by atomic mass is 10.2. The SMILES string of the molecule is O=C(CSCc1cccc(Br)c1)N/N=C\c1ccc2c(c1)OCO2. The molecule has 2 aromatic carbocycles. The average molecular weight is 407 g/mol. The molecule has 2 aromatic rings. The number of carbonyl (C=O) groups is 1. The Morgan fingerprint density at radius 2 is 2.12 bits per heavy atom. The van der Waals surface area contributed by atoms with E-state index in [1.807, 2.05) is 42.5 Å². The summed E-state index contributed by atoms with van der Waals surface area (Å²) in [6.07, 6.45) is 1.58. The highest BCUT2D eigenvalue weighted by molar-refractivity contribution is 9.10. The smallest absolute Gasteiger partial charge is 0.250 e. The lowest BCUT2D eigenvalue weighted by molar-refractivity contribution is -0.118. The number of ether oxygens (including phenoxy) is 2. The number of benzene rings is 2. The van der Waals surface area contributed by atoms with Crippen LogP contribution in [-0.2, 0) is 10.5 Å². The topological polar surface area (TPSA) is 59.9 Å². The minimum Gasteiger partial charge on any atom is -0.454 e. The van der Waals surface area contributed by atoms with Crippen LogP contribution in [0.25, 0.3) is 0 Å². The van der Waals surface area contributed by atoms with Crippen molar-refractivity contribution in [1.29, 1.82) is 0 Å². The van der Waals surface area contributed by atoms with Gasteiger partial charge in [0.2, 0.25) is 12.7 Å². The maximum Gasteiger partial charge on any atom is 0.250 e. The summed E-state index contributed by atoms with van der Waals surface area (Å²) in [5, 5.41) is 3.97. The van der Waals surface area contributed by atoms with Gasteiger partial charge in [-0.05, 0) is 41.5 Å². The Labute approximate surface area is 152 Å². The highest BCUT2D eigenvalue weighted by Crippen LogP contribution is 2.31. The van der Waals surface area contributed by atoms with Gasteiger partial charge in [-0.1, -0.05) is 28.1 Å². The lowest BCUT2D eigenvalue weighted by Gasteiger charge is -2.02. The maximum atomic E-state index is 11.8. The van der Waals surface area contributed by atoms with Gasteiger partial charge in [0, 0.05) is 10.2 Å². The van der Waals surface area contributed by atoms with Gasteiger partial charge in [0.1, 0.15) is 0 Å². The Morgan fingerprint density at radius 3 is 3.00 bits per heavy atom. The fraction of sp³-hybridized carbons (Fsp3) is 0.176. The fourth-order valence-corrected chi connectivity index (χ4v) is 3.31. The third-order valence-electron chi connectivity index (χ3n) is 3.19. The van der Waals surface area contributed by atoms with Crippen LogP contribution in [0.2, 0.25) is 0 Å². The summed E-state index contributed by atoms with van der Waals surface area (Å²) < 4.78 is 11.6. The van der Waals surface area contributed by atoms with Crippen LogP contribution >= 0.6 is 27.7 Å². The van der Waals surface area contributed by atoms with Crippen molar-refractivity contribution >= 4 is 39.8 Å². The molecule has 0 unspecified atom stereocenters. The molecule has 1 amide bonds. The summed E-state index contributed by atoms with van der Waals surface area (Å²) >= 11 is 4.98. The Kier molecular flexibility index (Phi) is 5.77. The highest BCUT2D eigenvalue weighted by Gasteiger charge is 2.12. The Balaban J connectivity index is 1.42. The van der Waals surface area contributed by atoms with Crippen molar-refractivity contribution in [3.05, 3.63) is 58.1 Å². The fourth-order valence-electron chi connectivity index (χ4n) is 2.09. The monoisotopic (exact) mass is 406 g/mol. The van der Waals surface area contributed by atoms with Crippen molar-refractivity contribution in [3.8, 4) is 11.5 Å². The molecule has 5 nitrogen and oxygen atoms in total. The highest BCUT2D eigenvalue weighted by atomic mass is 79.9. The van der Waals surface area contributed by atoms with Crippen molar-refractivity contribution in [2.75, 3.05) is 12.5 Å². The number of nitrogens with one attached hydrogen (secondary N) is 1. The summed E-state index contributed by atoms with van der Waals surface area (Å²) in [6, 6.07) is 13.5. The first-order valence-corrected chi connectivity index (χ1v) is 9.19. The molecule has 0 bridgehead atoms. The third-order valence-corrected chi connectivity index (χ3v) is 4.69. The predicted molar refractivity (Wildman–Crippen MR) is 98.6 cm³/mol. The van der Waals surface area contributed by atoms with Crippen molar-refractivity contribution in [3.63, 3.8) is 0 Å². The van der Waals surface area contributed by atoms with Gasteiger partial charge in [-0.3, -0.25) is 4.79 Å². The van der Waals surface area contributed by atoms with Crippen LogP contribution in [-0.4, -0.2) is 24.7 Å². The number of amides is 1. The van der Waals surface area contributed by atoms with E-state index in [2.05, 4.69) is 26.5 Å². The van der Waals surface area contributed by atoms with E-state index in [9.17, 15) is 4.79 Å². The van der Waals surface area contributed by atoms with E-state index in [0.29, 0.717) is 11.5 Å². The number of halogens is 1. The number of hydrogen-bond acceptors (Lipinski definition) is 5. The van der Waals surface area contributed by atoms with E-state index in [4.69, 9.17) is 9.47 Å². The molecule has 0 spiro atoms. The van der Waals surface area contributed by atoms with Crippen LogP contribution < -0.4 is 14.9 Å². The number of hydrogen-bond donors (Lipinski definition) is 1. The Bertz CT molecular complexity index is 767. The van der Waals surface area contributed by atoms with Gasteiger partial charge in [-0.15, -0.1) is 11.8 Å². The van der Waals surface area contributed by atoms with Gasteiger partial charge in [0.25, 0.3) is 0 Å². The number of carbonyl (C=O) groups excluding carboxylic acids is 1. The summed E-state index contributed by atoms with van der Waals surface area (Å²) in [4.78, 5) is 11.8. The summed E-state index contributed by atoms with van der Waals surface area (Å²) in [5.74, 6) is 2.41. The molecule has 1 aliphatic rings. The number of fused-ring (bicyclic) bond motifs is 1. The Morgan fingerprint density at radius 1 is 1.25 bits per heavy atom. The largest absolute Gasteiger partial charge is 0.454 e. The van der Waals surface area contributed by atoms with Crippen LogP contribution in [0.3, 0.4) is 0 Å². The molecule has 7 heteroatoms. The van der Waals surface area contributed by atoms with Crippen molar-refractivity contribution in [1.82, 2.24) is 5.43 Å². The van der Waals surface area contributed by atoms with Crippen LogP contribution in [0.15, 0.2) is 52.0 Å². The number of nitrogens with zero attached hydrogens (tertiary/aromatic N) is 1. The van der Waals surface area contributed by atoms with Gasteiger partial charge < -0.3 is 9.47 Å². The van der Waals surface area contributed by atoms with Crippen LogP contribution in [0.4, 0.5) is 0 Å². The van der Waals surface area contributed by atoms with E-state index >= 15 is 0 Å². The normalized spacial score (nSPS) is 12.5. The molecule has 0 saturated carbocycles. The quantitative estimate of drug-likeness (QED) is 0.588. The van der Waals surface area contributed by atoms with Crippen molar-refractivity contribution in [2.45, 2.75) is 5.75 Å². The minimum absolute atomic E-state index is 0.132. The van der Waals surface area contributed by atoms with Gasteiger partial charge in [-0.2, -0.15) is 5.10 Å². The second-order valence-electron chi connectivity index (χ2n) is 5.03. The molecular weight excluding hydrogens is 392 g/mol. The zero-order valence-electron chi connectivity index (χ0n) is 12.7. The number of hydrazone groups is 1. The molecule has 1 aliphatic heterocycles. The second kappa shape index (κ2) is 8.21. The molecule has 0 atom stereocenters. The zero-order valence-corrected chi connectivity index (χ0v) is 15.1. The van der Waals surface area contributed by atoms with Crippen LogP contribution in [0.5, 0.6) is 11.5 Å². The number of rotatable bonds is 6. The summed E-state index contributed by atoms with van der Waals surface area (Å²) in [7, 11) is 0. The first kappa shape index (κ1) is 16.9. The molecule has 0 aliphatic carbocycles.